The minimum absolute atomic E-state index is 0.218. The van der Waals surface area contributed by atoms with Crippen molar-refractivity contribution in [3.05, 3.63) is 17.8 Å². The largest absolute Gasteiger partial charge is 0.367 e. The molecular formula is C12H19N5O. The summed E-state index contributed by atoms with van der Waals surface area (Å²) in [5.41, 5.74) is 0.334. The van der Waals surface area contributed by atoms with Gasteiger partial charge in [-0.15, -0.1) is 10.2 Å². The monoisotopic (exact) mass is 249 g/mol. The van der Waals surface area contributed by atoms with Gasteiger partial charge in [-0.25, -0.2) is 0 Å². The number of carbonyl (C=O) groups is 1. The van der Waals surface area contributed by atoms with Crippen LogP contribution in [0.4, 0.5) is 5.82 Å². The van der Waals surface area contributed by atoms with E-state index in [-0.39, 0.29) is 5.91 Å². The van der Waals surface area contributed by atoms with E-state index in [2.05, 4.69) is 32.8 Å². The van der Waals surface area contributed by atoms with Gasteiger partial charge in [0.25, 0.3) is 5.91 Å². The zero-order valence-electron chi connectivity index (χ0n) is 10.8. The summed E-state index contributed by atoms with van der Waals surface area (Å²) in [6.45, 7) is 2.03. The van der Waals surface area contributed by atoms with Gasteiger partial charge in [0.15, 0.2) is 5.69 Å². The van der Waals surface area contributed by atoms with Crippen molar-refractivity contribution < 1.29 is 4.79 Å². The van der Waals surface area contributed by atoms with Crippen molar-refractivity contribution in [3.63, 3.8) is 0 Å². The van der Waals surface area contributed by atoms with Crippen LogP contribution in [-0.2, 0) is 0 Å². The Morgan fingerprint density at radius 3 is 2.89 bits per heavy atom. The van der Waals surface area contributed by atoms with E-state index >= 15 is 0 Å². The minimum atomic E-state index is -0.218. The molecule has 0 aromatic carbocycles. The number of likely N-dealkylation sites (N-methyl/N-ethyl adjacent to an activating group) is 1. The normalized spacial score (nSPS) is 19.8. The Bertz CT molecular complexity index is 405. The zero-order chi connectivity index (χ0) is 13.0. The molecule has 1 saturated heterocycles. The van der Waals surface area contributed by atoms with E-state index in [0.717, 1.165) is 13.1 Å². The summed E-state index contributed by atoms with van der Waals surface area (Å²) in [4.78, 5) is 13.6. The highest BCUT2D eigenvalue weighted by Crippen LogP contribution is 2.15. The van der Waals surface area contributed by atoms with Crippen LogP contribution in [0, 0.1) is 0 Å². The molecule has 1 unspecified atom stereocenters. The third-order valence-electron chi connectivity index (χ3n) is 3.31. The third-order valence-corrected chi connectivity index (χ3v) is 3.31. The standard InChI is InChI=1S/C12H19N5O/c1-13-12(18)10-5-6-11(16-15-10)14-8-9-4-3-7-17(9)2/h5-6,9H,3-4,7-8H2,1-2H3,(H,13,18)(H,14,16). The van der Waals surface area contributed by atoms with Crippen LogP contribution < -0.4 is 10.6 Å². The van der Waals surface area contributed by atoms with E-state index in [4.69, 9.17) is 0 Å². The number of amides is 1. The van der Waals surface area contributed by atoms with Gasteiger partial charge in [-0.05, 0) is 38.6 Å². The summed E-state index contributed by atoms with van der Waals surface area (Å²) in [6.07, 6.45) is 2.47. The fraction of sp³-hybridized carbons (Fsp3) is 0.583. The van der Waals surface area contributed by atoms with Crippen molar-refractivity contribution in [3.8, 4) is 0 Å². The second-order valence-electron chi connectivity index (χ2n) is 4.54. The zero-order valence-corrected chi connectivity index (χ0v) is 10.8. The first-order chi connectivity index (χ1) is 8.70. The van der Waals surface area contributed by atoms with Crippen LogP contribution in [0.25, 0.3) is 0 Å². The first-order valence-electron chi connectivity index (χ1n) is 6.20. The van der Waals surface area contributed by atoms with Gasteiger partial charge in [-0.3, -0.25) is 4.79 Å². The molecule has 1 fully saturated rings. The van der Waals surface area contributed by atoms with Gasteiger partial charge in [0.1, 0.15) is 5.82 Å². The average Bonchev–Trinajstić information content (AvgIpc) is 2.81. The number of aromatic nitrogens is 2. The molecule has 98 valence electrons. The number of hydrogen-bond donors (Lipinski definition) is 2. The quantitative estimate of drug-likeness (QED) is 0.805. The van der Waals surface area contributed by atoms with Gasteiger partial charge >= 0.3 is 0 Å². The molecular weight excluding hydrogens is 230 g/mol. The molecule has 0 aliphatic carbocycles. The molecule has 1 aliphatic heterocycles. The van der Waals surface area contributed by atoms with Crippen molar-refractivity contribution in [1.29, 1.82) is 0 Å². The number of likely N-dealkylation sites (tertiary alicyclic amines) is 1. The number of nitrogens with zero attached hydrogens (tertiary/aromatic N) is 3. The summed E-state index contributed by atoms with van der Waals surface area (Å²) >= 11 is 0. The maximum Gasteiger partial charge on any atom is 0.271 e. The highest BCUT2D eigenvalue weighted by molar-refractivity contribution is 5.91. The van der Waals surface area contributed by atoms with Gasteiger partial charge in [0.05, 0.1) is 0 Å². The van der Waals surface area contributed by atoms with Crippen molar-refractivity contribution in [2.24, 2.45) is 0 Å². The second-order valence-corrected chi connectivity index (χ2v) is 4.54. The van der Waals surface area contributed by atoms with Crippen LogP contribution in [0.2, 0.25) is 0 Å². The fourth-order valence-corrected chi connectivity index (χ4v) is 2.14. The Hall–Kier alpha value is -1.69. The number of rotatable bonds is 4. The maximum absolute atomic E-state index is 11.3. The SMILES string of the molecule is CNC(=O)c1ccc(NCC2CCCN2C)nn1. The van der Waals surface area contributed by atoms with Gasteiger partial charge in [0, 0.05) is 19.6 Å². The molecule has 1 aliphatic rings. The smallest absolute Gasteiger partial charge is 0.271 e. The van der Waals surface area contributed by atoms with Crippen LogP contribution in [0.5, 0.6) is 0 Å². The predicted octanol–water partition coefficient (Wildman–Crippen LogP) is 0.342. The number of anilines is 1. The Kier molecular flexibility index (Phi) is 4.09. The molecule has 0 bridgehead atoms. The van der Waals surface area contributed by atoms with Crippen molar-refractivity contribution in [2.75, 3.05) is 32.5 Å². The van der Waals surface area contributed by atoms with Gasteiger partial charge in [-0.2, -0.15) is 0 Å². The van der Waals surface area contributed by atoms with Crippen LogP contribution >= 0.6 is 0 Å². The van der Waals surface area contributed by atoms with Crippen molar-refractivity contribution in [2.45, 2.75) is 18.9 Å². The molecule has 2 rings (SSSR count). The Labute approximate surface area is 107 Å². The third kappa shape index (κ3) is 2.95. The van der Waals surface area contributed by atoms with E-state index in [1.54, 1.807) is 19.2 Å². The van der Waals surface area contributed by atoms with E-state index in [0.29, 0.717) is 17.6 Å². The van der Waals surface area contributed by atoms with Crippen LogP contribution in [0.3, 0.4) is 0 Å². The first-order valence-corrected chi connectivity index (χ1v) is 6.20. The highest BCUT2D eigenvalue weighted by Gasteiger charge is 2.20. The second kappa shape index (κ2) is 5.77. The molecule has 0 radical (unpaired) electrons. The van der Waals surface area contributed by atoms with Crippen LogP contribution in [0.15, 0.2) is 12.1 Å². The first kappa shape index (κ1) is 12.8. The van der Waals surface area contributed by atoms with Crippen LogP contribution in [-0.4, -0.2) is 54.2 Å². The summed E-state index contributed by atoms with van der Waals surface area (Å²) in [6, 6.07) is 4.02. The van der Waals surface area contributed by atoms with E-state index in [9.17, 15) is 4.79 Å². The van der Waals surface area contributed by atoms with Crippen LogP contribution in [0.1, 0.15) is 23.3 Å². The molecule has 18 heavy (non-hydrogen) atoms. The summed E-state index contributed by atoms with van der Waals surface area (Å²) < 4.78 is 0. The average molecular weight is 249 g/mol. The summed E-state index contributed by atoms with van der Waals surface area (Å²) in [7, 11) is 3.71. The molecule has 6 heteroatoms. The molecule has 2 heterocycles. The molecule has 1 aromatic rings. The molecule has 1 amide bonds. The van der Waals surface area contributed by atoms with Gasteiger partial charge < -0.3 is 15.5 Å². The number of carbonyl (C=O) groups excluding carboxylic acids is 1. The van der Waals surface area contributed by atoms with Crippen molar-refractivity contribution >= 4 is 11.7 Å². The van der Waals surface area contributed by atoms with Gasteiger partial charge in [0.2, 0.25) is 0 Å². The van der Waals surface area contributed by atoms with E-state index in [1.807, 2.05) is 0 Å². The lowest BCUT2D eigenvalue weighted by atomic mass is 10.2. The topological polar surface area (TPSA) is 70.2 Å². The number of nitrogens with one attached hydrogen (secondary N) is 2. The Balaban J connectivity index is 1.88. The van der Waals surface area contributed by atoms with Crippen molar-refractivity contribution in [1.82, 2.24) is 20.4 Å². The van der Waals surface area contributed by atoms with E-state index < -0.39 is 0 Å². The lowest BCUT2D eigenvalue weighted by Crippen LogP contribution is -2.31. The predicted molar refractivity (Wildman–Crippen MR) is 69.6 cm³/mol. The summed E-state index contributed by atoms with van der Waals surface area (Å²) in [5, 5.41) is 13.6. The maximum atomic E-state index is 11.3. The number of hydrogen-bond acceptors (Lipinski definition) is 5. The molecule has 6 nitrogen and oxygen atoms in total. The molecule has 1 aromatic heterocycles. The minimum Gasteiger partial charge on any atom is -0.367 e. The fourth-order valence-electron chi connectivity index (χ4n) is 2.14. The van der Waals surface area contributed by atoms with E-state index in [1.165, 1.54) is 12.8 Å². The molecule has 0 spiro atoms. The Morgan fingerprint density at radius 1 is 1.50 bits per heavy atom. The lowest BCUT2D eigenvalue weighted by Gasteiger charge is -2.19. The molecule has 2 N–H and O–H groups in total. The lowest BCUT2D eigenvalue weighted by molar-refractivity contribution is 0.0957. The highest BCUT2D eigenvalue weighted by atomic mass is 16.1. The van der Waals surface area contributed by atoms with Gasteiger partial charge in [-0.1, -0.05) is 0 Å². The molecule has 1 atom stereocenters. The molecule has 0 saturated carbocycles. The Morgan fingerprint density at radius 2 is 2.33 bits per heavy atom. The summed E-state index contributed by atoms with van der Waals surface area (Å²) in [5.74, 6) is 0.493.